The zero-order valence-corrected chi connectivity index (χ0v) is 15.5. The highest BCUT2D eigenvalue weighted by molar-refractivity contribution is 5.86. The molecule has 0 saturated heterocycles. The summed E-state index contributed by atoms with van der Waals surface area (Å²) in [6, 6.07) is 30.5. The molecule has 0 radical (unpaired) electrons. The van der Waals surface area contributed by atoms with Crippen LogP contribution in [0.1, 0.15) is 22.4 Å². The minimum absolute atomic E-state index is 0.954. The van der Waals surface area contributed by atoms with Gasteiger partial charge in [0.15, 0.2) is 0 Å². The second-order valence-corrected chi connectivity index (χ2v) is 7.46. The van der Waals surface area contributed by atoms with Gasteiger partial charge in [0.25, 0.3) is 0 Å². The lowest BCUT2D eigenvalue weighted by atomic mass is 10.0. The van der Waals surface area contributed by atoms with Crippen molar-refractivity contribution >= 4 is 10.9 Å². The summed E-state index contributed by atoms with van der Waals surface area (Å²) in [6.45, 7) is 4.13. The van der Waals surface area contributed by atoms with Crippen LogP contribution >= 0.6 is 0 Å². The highest BCUT2D eigenvalue weighted by atomic mass is 15.1. The van der Waals surface area contributed by atoms with Gasteiger partial charge in [-0.3, -0.25) is 4.90 Å². The van der Waals surface area contributed by atoms with E-state index in [1.807, 2.05) is 0 Å². The Kier molecular flexibility index (Phi) is 4.27. The van der Waals surface area contributed by atoms with Gasteiger partial charge in [-0.05, 0) is 22.8 Å². The fourth-order valence-corrected chi connectivity index (χ4v) is 4.38. The van der Waals surface area contributed by atoms with Gasteiger partial charge in [-0.15, -0.1) is 0 Å². The first-order valence-electron chi connectivity index (χ1n) is 9.78. The second kappa shape index (κ2) is 7.05. The third-order valence-electron chi connectivity index (χ3n) is 5.67. The molecule has 1 aliphatic rings. The number of para-hydroxylation sites is 1. The Bertz CT molecular complexity index is 1050. The number of aromatic nitrogens is 1. The molecule has 2 heteroatoms. The first-order valence-corrected chi connectivity index (χ1v) is 9.78. The van der Waals surface area contributed by atoms with E-state index in [2.05, 4.69) is 94.4 Å². The number of benzene rings is 3. The molecule has 0 spiro atoms. The van der Waals surface area contributed by atoms with Gasteiger partial charge < -0.3 is 4.57 Å². The maximum atomic E-state index is 2.58. The van der Waals surface area contributed by atoms with Crippen molar-refractivity contribution < 1.29 is 0 Å². The summed E-state index contributed by atoms with van der Waals surface area (Å²) in [5.74, 6) is 0. The molecule has 2 heterocycles. The molecule has 0 bridgehead atoms. The highest BCUT2D eigenvalue weighted by Gasteiger charge is 2.23. The lowest BCUT2D eigenvalue weighted by molar-refractivity contribution is 0.243. The summed E-state index contributed by atoms with van der Waals surface area (Å²) < 4.78 is 2.54. The van der Waals surface area contributed by atoms with Gasteiger partial charge >= 0.3 is 0 Å². The number of rotatable bonds is 4. The third-order valence-corrected chi connectivity index (χ3v) is 5.67. The van der Waals surface area contributed by atoms with Crippen LogP contribution in [-0.4, -0.2) is 16.0 Å². The Morgan fingerprint density at radius 2 is 1.30 bits per heavy atom. The van der Waals surface area contributed by atoms with E-state index in [0.717, 1.165) is 32.6 Å². The van der Waals surface area contributed by atoms with E-state index < -0.39 is 0 Å². The molecule has 1 aromatic heterocycles. The molecule has 2 nitrogen and oxygen atoms in total. The summed E-state index contributed by atoms with van der Waals surface area (Å²) >= 11 is 0. The average Bonchev–Trinajstić information content (AvgIpc) is 3.03. The molecule has 27 heavy (non-hydrogen) atoms. The predicted molar refractivity (Wildman–Crippen MR) is 112 cm³/mol. The van der Waals surface area contributed by atoms with E-state index in [-0.39, 0.29) is 0 Å². The van der Waals surface area contributed by atoms with Crippen LogP contribution in [0.2, 0.25) is 0 Å². The molecular formula is C25H24N2. The summed E-state index contributed by atoms with van der Waals surface area (Å²) in [6.07, 6.45) is 1.11. The van der Waals surface area contributed by atoms with Gasteiger partial charge in [0, 0.05) is 49.2 Å². The molecule has 0 N–H and O–H groups in total. The van der Waals surface area contributed by atoms with Crippen LogP contribution in [0.5, 0.6) is 0 Å². The summed E-state index contributed by atoms with van der Waals surface area (Å²) in [7, 11) is 0. The minimum atomic E-state index is 0.954. The minimum Gasteiger partial charge on any atom is -0.340 e. The zero-order valence-electron chi connectivity index (χ0n) is 15.5. The molecule has 5 rings (SSSR count). The second-order valence-electron chi connectivity index (χ2n) is 7.46. The van der Waals surface area contributed by atoms with Gasteiger partial charge in [-0.25, -0.2) is 0 Å². The van der Waals surface area contributed by atoms with E-state index in [0.29, 0.717) is 0 Å². The molecule has 0 unspecified atom stereocenters. The monoisotopic (exact) mass is 352 g/mol. The molecular weight excluding hydrogens is 328 g/mol. The maximum absolute atomic E-state index is 2.58. The molecule has 0 atom stereocenters. The average molecular weight is 352 g/mol. The van der Waals surface area contributed by atoms with Crippen molar-refractivity contribution in [1.82, 2.24) is 9.47 Å². The van der Waals surface area contributed by atoms with E-state index >= 15 is 0 Å². The number of nitrogens with zero attached hydrogens (tertiary/aromatic N) is 2. The van der Waals surface area contributed by atoms with Gasteiger partial charge in [0.2, 0.25) is 0 Å². The SMILES string of the molecule is c1ccc(CN2CCc3c(c4ccccc4n3Cc3ccccc3)C2)cc1. The standard InChI is InChI=1S/C25H24N2/c1-3-9-20(10-4-1)17-26-16-15-25-23(19-26)22-13-7-8-14-24(22)27(25)18-21-11-5-2-6-12-21/h1-14H,15-19H2. The van der Waals surface area contributed by atoms with Crippen molar-refractivity contribution in [3.63, 3.8) is 0 Å². The van der Waals surface area contributed by atoms with Gasteiger partial charge in [-0.1, -0.05) is 78.9 Å². The number of hydrogen-bond donors (Lipinski definition) is 0. The van der Waals surface area contributed by atoms with E-state index in [9.17, 15) is 0 Å². The van der Waals surface area contributed by atoms with Crippen molar-refractivity contribution in [2.75, 3.05) is 6.54 Å². The topological polar surface area (TPSA) is 8.17 Å². The van der Waals surface area contributed by atoms with E-state index in [4.69, 9.17) is 0 Å². The van der Waals surface area contributed by atoms with Crippen LogP contribution in [-0.2, 0) is 26.1 Å². The molecule has 0 amide bonds. The van der Waals surface area contributed by atoms with Gasteiger partial charge in [0.1, 0.15) is 0 Å². The fraction of sp³-hybridized carbons (Fsp3) is 0.200. The highest BCUT2D eigenvalue weighted by Crippen LogP contribution is 2.32. The first kappa shape index (κ1) is 16.3. The molecule has 0 saturated carbocycles. The largest absolute Gasteiger partial charge is 0.340 e. The lowest BCUT2D eigenvalue weighted by Gasteiger charge is -2.28. The fourth-order valence-electron chi connectivity index (χ4n) is 4.38. The van der Waals surface area contributed by atoms with Crippen LogP contribution in [0, 0.1) is 0 Å². The summed E-state index contributed by atoms with van der Waals surface area (Å²) in [4.78, 5) is 2.58. The van der Waals surface area contributed by atoms with Crippen LogP contribution in [0.25, 0.3) is 10.9 Å². The zero-order chi connectivity index (χ0) is 18.1. The van der Waals surface area contributed by atoms with Gasteiger partial charge in [-0.2, -0.15) is 0 Å². The smallest absolute Gasteiger partial charge is 0.0489 e. The normalized spacial score (nSPS) is 14.4. The summed E-state index contributed by atoms with van der Waals surface area (Å²) in [5.41, 5.74) is 7.17. The molecule has 0 fully saturated rings. The van der Waals surface area contributed by atoms with Crippen LogP contribution in [0.15, 0.2) is 84.9 Å². The van der Waals surface area contributed by atoms with Crippen molar-refractivity contribution in [3.05, 3.63) is 107 Å². The van der Waals surface area contributed by atoms with Crippen LogP contribution < -0.4 is 0 Å². The molecule has 1 aliphatic heterocycles. The lowest BCUT2D eigenvalue weighted by Crippen LogP contribution is -2.30. The third kappa shape index (κ3) is 3.17. The Hall–Kier alpha value is -2.84. The van der Waals surface area contributed by atoms with Crippen molar-refractivity contribution in [1.29, 1.82) is 0 Å². The van der Waals surface area contributed by atoms with Crippen LogP contribution in [0.3, 0.4) is 0 Å². The maximum Gasteiger partial charge on any atom is 0.0489 e. The number of hydrogen-bond acceptors (Lipinski definition) is 1. The molecule has 3 aromatic carbocycles. The van der Waals surface area contributed by atoms with Crippen molar-refractivity contribution in [2.45, 2.75) is 26.1 Å². The Morgan fingerprint density at radius 1 is 0.667 bits per heavy atom. The van der Waals surface area contributed by atoms with Gasteiger partial charge in [0.05, 0.1) is 0 Å². The molecule has 4 aromatic rings. The Labute approximate surface area is 160 Å². The van der Waals surface area contributed by atoms with Crippen molar-refractivity contribution in [3.8, 4) is 0 Å². The number of fused-ring (bicyclic) bond motifs is 3. The van der Waals surface area contributed by atoms with Crippen molar-refractivity contribution in [2.24, 2.45) is 0 Å². The quantitative estimate of drug-likeness (QED) is 0.487. The molecule has 134 valence electrons. The summed E-state index contributed by atoms with van der Waals surface area (Å²) in [5, 5.41) is 1.42. The van der Waals surface area contributed by atoms with E-state index in [1.165, 1.54) is 33.3 Å². The Morgan fingerprint density at radius 3 is 2.04 bits per heavy atom. The first-order chi connectivity index (χ1) is 13.4. The predicted octanol–water partition coefficient (Wildman–Crippen LogP) is 5.25. The molecule has 0 aliphatic carbocycles. The van der Waals surface area contributed by atoms with Crippen LogP contribution in [0.4, 0.5) is 0 Å². The van der Waals surface area contributed by atoms with E-state index in [1.54, 1.807) is 0 Å². The Balaban J connectivity index is 1.50.